The number of nitrogens with zero attached hydrogens (tertiary/aromatic N) is 1. The Balaban J connectivity index is 1.95. The summed E-state index contributed by atoms with van der Waals surface area (Å²) in [7, 11) is 0. The highest BCUT2D eigenvalue weighted by molar-refractivity contribution is 5.82. The minimum atomic E-state index is -0.0142. The smallest absolute Gasteiger partial charge is 0.237 e. The number of piperidine rings is 1. The number of rotatable bonds is 8. The van der Waals surface area contributed by atoms with Gasteiger partial charge in [-0.05, 0) is 31.4 Å². The Morgan fingerprint density at radius 3 is 2.83 bits per heavy atom. The molecule has 0 bridgehead atoms. The van der Waals surface area contributed by atoms with Crippen molar-refractivity contribution in [1.29, 1.82) is 0 Å². The van der Waals surface area contributed by atoms with E-state index in [-0.39, 0.29) is 18.0 Å². The van der Waals surface area contributed by atoms with Crippen molar-refractivity contribution in [2.24, 2.45) is 5.73 Å². The lowest BCUT2D eigenvalue weighted by Crippen LogP contribution is -2.52. The molecule has 1 aliphatic heterocycles. The van der Waals surface area contributed by atoms with E-state index in [0.717, 1.165) is 45.2 Å². The van der Waals surface area contributed by atoms with Crippen LogP contribution in [-0.2, 0) is 11.3 Å². The van der Waals surface area contributed by atoms with E-state index in [0.29, 0.717) is 6.54 Å². The Morgan fingerprint density at radius 2 is 2.13 bits per heavy atom. The van der Waals surface area contributed by atoms with Crippen LogP contribution in [0, 0.1) is 0 Å². The van der Waals surface area contributed by atoms with Gasteiger partial charge in [0.1, 0.15) is 0 Å². The molecule has 23 heavy (non-hydrogen) atoms. The minimum absolute atomic E-state index is 0.0142. The molecule has 0 aromatic heterocycles. The Labute approximate surface area is 140 Å². The maximum absolute atomic E-state index is 12.7. The lowest BCUT2D eigenvalue weighted by Gasteiger charge is -2.35. The molecule has 4 heteroatoms. The first kappa shape index (κ1) is 18.0. The van der Waals surface area contributed by atoms with E-state index >= 15 is 0 Å². The van der Waals surface area contributed by atoms with Gasteiger partial charge in [-0.1, -0.05) is 56.5 Å². The van der Waals surface area contributed by atoms with Gasteiger partial charge in [-0.2, -0.15) is 0 Å². The number of likely N-dealkylation sites (tertiary alicyclic amines) is 1. The van der Waals surface area contributed by atoms with Gasteiger partial charge in [0.15, 0.2) is 0 Å². The Kier molecular flexibility index (Phi) is 7.56. The summed E-state index contributed by atoms with van der Waals surface area (Å²) < 4.78 is 0. The van der Waals surface area contributed by atoms with E-state index < -0.39 is 0 Å². The fourth-order valence-electron chi connectivity index (χ4n) is 3.29. The van der Waals surface area contributed by atoms with E-state index in [1.54, 1.807) is 0 Å². The molecule has 0 spiro atoms. The highest BCUT2D eigenvalue weighted by Gasteiger charge is 2.29. The number of benzene rings is 1. The third kappa shape index (κ3) is 5.63. The quantitative estimate of drug-likeness (QED) is 0.775. The van der Waals surface area contributed by atoms with E-state index in [9.17, 15) is 4.79 Å². The lowest BCUT2D eigenvalue weighted by atomic mass is 9.99. The Morgan fingerprint density at radius 1 is 1.35 bits per heavy atom. The largest absolute Gasteiger partial charge is 0.351 e. The summed E-state index contributed by atoms with van der Waals surface area (Å²) in [4.78, 5) is 15.0. The third-order valence-electron chi connectivity index (χ3n) is 4.68. The summed E-state index contributed by atoms with van der Waals surface area (Å²) in [6.07, 6.45) is 6.47. The number of hydrogen-bond donors (Lipinski definition) is 2. The van der Waals surface area contributed by atoms with Crippen molar-refractivity contribution in [3.63, 3.8) is 0 Å². The van der Waals surface area contributed by atoms with Crippen LogP contribution in [0.1, 0.15) is 51.0 Å². The van der Waals surface area contributed by atoms with Crippen LogP contribution in [0.5, 0.6) is 0 Å². The molecule has 1 heterocycles. The zero-order chi connectivity index (χ0) is 16.5. The summed E-state index contributed by atoms with van der Waals surface area (Å²) in [5, 5.41) is 3.18. The van der Waals surface area contributed by atoms with Gasteiger partial charge in [0.25, 0.3) is 0 Å². The van der Waals surface area contributed by atoms with Crippen LogP contribution in [0.15, 0.2) is 30.3 Å². The van der Waals surface area contributed by atoms with Crippen molar-refractivity contribution in [3.8, 4) is 0 Å². The highest BCUT2D eigenvalue weighted by Crippen LogP contribution is 2.20. The van der Waals surface area contributed by atoms with Crippen molar-refractivity contribution in [2.45, 2.75) is 64.1 Å². The van der Waals surface area contributed by atoms with Crippen LogP contribution in [0.3, 0.4) is 0 Å². The summed E-state index contributed by atoms with van der Waals surface area (Å²) in [5.41, 5.74) is 7.09. The summed E-state index contributed by atoms with van der Waals surface area (Å²) >= 11 is 0. The lowest BCUT2D eigenvalue weighted by molar-refractivity contribution is -0.128. The molecule has 2 unspecified atom stereocenters. The fourth-order valence-corrected chi connectivity index (χ4v) is 3.29. The number of unbranched alkanes of at least 4 members (excludes halogenated alkanes) is 1. The van der Waals surface area contributed by atoms with Crippen molar-refractivity contribution in [1.82, 2.24) is 10.2 Å². The second-order valence-corrected chi connectivity index (χ2v) is 6.55. The van der Waals surface area contributed by atoms with Crippen molar-refractivity contribution in [3.05, 3.63) is 35.9 Å². The van der Waals surface area contributed by atoms with E-state index in [4.69, 9.17) is 5.73 Å². The van der Waals surface area contributed by atoms with Crippen LogP contribution in [0.2, 0.25) is 0 Å². The topological polar surface area (TPSA) is 58.4 Å². The number of amides is 1. The van der Waals surface area contributed by atoms with Gasteiger partial charge in [0, 0.05) is 19.1 Å². The molecule has 128 valence electrons. The van der Waals surface area contributed by atoms with Crippen molar-refractivity contribution in [2.75, 3.05) is 13.1 Å². The monoisotopic (exact) mass is 317 g/mol. The average molecular weight is 317 g/mol. The molecule has 2 atom stereocenters. The van der Waals surface area contributed by atoms with Crippen LogP contribution in [0.25, 0.3) is 0 Å². The van der Waals surface area contributed by atoms with Gasteiger partial charge in [-0.3, -0.25) is 9.69 Å². The average Bonchev–Trinajstić information content (AvgIpc) is 2.59. The van der Waals surface area contributed by atoms with Crippen LogP contribution >= 0.6 is 0 Å². The Hall–Kier alpha value is -1.39. The molecule has 1 aliphatic rings. The molecule has 1 aromatic rings. The highest BCUT2D eigenvalue weighted by atomic mass is 16.2. The van der Waals surface area contributed by atoms with Gasteiger partial charge >= 0.3 is 0 Å². The van der Waals surface area contributed by atoms with Crippen molar-refractivity contribution < 1.29 is 4.79 Å². The molecule has 1 amide bonds. The summed E-state index contributed by atoms with van der Waals surface area (Å²) in [6.45, 7) is 4.53. The normalized spacial score (nSPS) is 20.2. The van der Waals surface area contributed by atoms with Crippen molar-refractivity contribution >= 4 is 5.91 Å². The van der Waals surface area contributed by atoms with E-state index in [1.807, 2.05) is 6.07 Å². The van der Waals surface area contributed by atoms with Gasteiger partial charge in [-0.15, -0.1) is 0 Å². The maximum atomic E-state index is 12.7. The van der Waals surface area contributed by atoms with Crippen LogP contribution < -0.4 is 11.1 Å². The number of carbonyl (C=O) groups is 1. The zero-order valence-electron chi connectivity index (χ0n) is 14.3. The van der Waals surface area contributed by atoms with E-state index in [2.05, 4.69) is 41.4 Å². The standard InChI is InChI=1S/C19H31N3O/c1-2-3-11-17(14-20)21-19(23)18-12-7-8-13-22(18)15-16-9-5-4-6-10-16/h4-6,9-10,17-18H,2-3,7-8,11-15,20H2,1H3,(H,21,23). The molecule has 1 aromatic carbocycles. The number of nitrogens with one attached hydrogen (secondary N) is 1. The SMILES string of the molecule is CCCCC(CN)NC(=O)C1CCCCN1Cc1ccccc1. The van der Waals surface area contributed by atoms with Gasteiger partial charge < -0.3 is 11.1 Å². The molecule has 1 saturated heterocycles. The number of nitrogens with two attached hydrogens (primary N) is 1. The molecule has 2 rings (SSSR count). The molecular weight excluding hydrogens is 286 g/mol. The number of hydrogen-bond acceptors (Lipinski definition) is 3. The molecule has 4 nitrogen and oxygen atoms in total. The maximum Gasteiger partial charge on any atom is 0.237 e. The molecule has 0 radical (unpaired) electrons. The second-order valence-electron chi connectivity index (χ2n) is 6.55. The first-order valence-electron chi connectivity index (χ1n) is 9.03. The van der Waals surface area contributed by atoms with Gasteiger partial charge in [-0.25, -0.2) is 0 Å². The number of carbonyl (C=O) groups excluding carboxylic acids is 1. The Bertz CT molecular complexity index is 463. The fraction of sp³-hybridized carbons (Fsp3) is 0.632. The third-order valence-corrected chi connectivity index (χ3v) is 4.68. The molecule has 3 N–H and O–H groups in total. The predicted octanol–water partition coefficient (Wildman–Crippen LogP) is 2.67. The minimum Gasteiger partial charge on any atom is -0.351 e. The first-order valence-corrected chi connectivity index (χ1v) is 9.03. The molecule has 1 fully saturated rings. The van der Waals surface area contributed by atoms with Crippen LogP contribution in [-0.4, -0.2) is 36.0 Å². The summed E-state index contributed by atoms with van der Waals surface area (Å²) in [5.74, 6) is 0.159. The zero-order valence-corrected chi connectivity index (χ0v) is 14.3. The van der Waals surface area contributed by atoms with Gasteiger partial charge in [0.2, 0.25) is 5.91 Å². The summed E-state index contributed by atoms with van der Waals surface area (Å²) in [6, 6.07) is 10.5. The predicted molar refractivity (Wildman–Crippen MR) is 95.0 cm³/mol. The van der Waals surface area contributed by atoms with Gasteiger partial charge in [0.05, 0.1) is 6.04 Å². The first-order chi connectivity index (χ1) is 11.2. The molecule has 0 aliphatic carbocycles. The molecule has 0 saturated carbocycles. The van der Waals surface area contributed by atoms with E-state index in [1.165, 1.54) is 12.0 Å². The van der Waals surface area contributed by atoms with Crippen LogP contribution in [0.4, 0.5) is 0 Å². The second kappa shape index (κ2) is 9.68. The molecular formula is C19H31N3O.